The van der Waals surface area contributed by atoms with Crippen molar-refractivity contribution in [1.82, 2.24) is 4.90 Å². The molecule has 0 N–H and O–H groups in total. The second kappa shape index (κ2) is 8.20. The highest BCUT2D eigenvalue weighted by molar-refractivity contribution is 5.15. The van der Waals surface area contributed by atoms with Gasteiger partial charge in [-0.2, -0.15) is 0 Å². The van der Waals surface area contributed by atoms with Crippen molar-refractivity contribution >= 4 is 0 Å². The smallest absolute Gasteiger partial charge is 0.168 e. The molecule has 0 aromatic heterocycles. The van der Waals surface area contributed by atoms with Crippen molar-refractivity contribution in [2.24, 2.45) is 5.92 Å². The average molecular weight is 344 g/mol. The van der Waals surface area contributed by atoms with Gasteiger partial charge in [-0.05, 0) is 63.1 Å². The Labute approximate surface area is 152 Å². The molecule has 3 nitrogen and oxygen atoms in total. The van der Waals surface area contributed by atoms with Crippen molar-refractivity contribution in [2.45, 2.75) is 69.6 Å². The van der Waals surface area contributed by atoms with E-state index in [4.69, 9.17) is 9.47 Å². The van der Waals surface area contributed by atoms with Crippen LogP contribution in [0, 0.1) is 5.92 Å². The van der Waals surface area contributed by atoms with Gasteiger partial charge < -0.3 is 14.4 Å². The predicted molar refractivity (Wildman–Crippen MR) is 101 cm³/mol. The van der Waals surface area contributed by atoms with Gasteiger partial charge in [0.15, 0.2) is 5.79 Å². The number of nitrogens with zero attached hydrogens (tertiary/aromatic N) is 1. The molecule has 138 valence electrons. The molecule has 1 aromatic rings. The van der Waals surface area contributed by atoms with Crippen LogP contribution in [0.4, 0.5) is 0 Å². The van der Waals surface area contributed by atoms with Crippen LogP contribution in [-0.4, -0.2) is 43.0 Å². The molecule has 3 fully saturated rings. The lowest BCUT2D eigenvalue weighted by Crippen LogP contribution is -2.47. The first-order valence-electron chi connectivity index (χ1n) is 10.4. The first-order valence-corrected chi connectivity index (χ1v) is 10.4. The molecule has 25 heavy (non-hydrogen) atoms. The Balaban J connectivity index is 1.40. The zero-order valence-corrected chi connectivity index (χ0v) is 15.5. The Morgan fingerprint density at radius 3 is 2.32 bits per heavy atom. The van der Waals surface area contributed by atoms with Crippen LogP contribution in [0.5, 0.6) is 0 Å². The second-order valence-electron chi connectivity index (χ2n) is 8.13. The number of likely N-dealkylation sites (tertiary alicyclic amines) is 1. The highest BCUT2D eigenvalue weighted by atomic mass is 16.7. The normalized spacial score (nSPS) is 26.1. The number of benzene rings is 1. The van der Waals surface area contributed by atoms with E-state index in [1.165, 1.54) is 63.6 Å². The molecule has 1 unspecified atom stereocenters. The van der Waals surface area contributed by atoms with Gasteiger partial charge in [-0.3, -0.25) is 0 Å². The van der Waals surface area contributed by atoms with Crippen molar-refractivity contribution in [3.8, 4) is 0 Å². The quantitative estimate of drug-likeness (QED) is 0.790. The van der Waals surface area contributed by atoms with Gasteiger partial charge in [0, 0.05) is 18.9 Å². The van der Waals surface area contributed by atoms with Crippen molar-refractivity contribution in [1.29, 1.82) is 0 Å². The molecule has 4 rings (SSSR count). The van der Waals surface area contributed by atoms with Crippen LogP contribution < -0.4 is 0 Å². The van der Waals surface area contributed by atoms with E-state index < -0.39 is 0 Å². The molecule has 1 spiro atoms. The zero-order valence-electron chi connectivity index (χ0n) is 15.5. The molecular formula is C22H33NO2. The summed E-state index contributed by atoms with van der Waals surface area (Å²) >= 11 is 0. The summed E-state index contributed by atoms with van der Waals surface area (Å²) in [7, 11) is 0. The van der Waals surface area contributed by atoms with Gasteiger partial charge in [0.05, 0.1) is 13.2 Å². The number of hydrogen-bond acceptors (Lipinski definition) is 3. The first-order chi connectivity index (χ1) is 12.3. The third kappa shape index (κ3) is 4.27. The van der Waals surface area contributed by atoms with Crippen LogP contribution in [0.1, 0.15) is 56.9 Å². The molecule has 1 aromatic carbocycles. The number of aryl methyl sites for hydroxylation is 1. The minimum absolute atomic E-state index is 0.220. The van der Waals surface area contributed by atoms with Crippen LogP contribution >= 0.6 is 0 Å². The molecule has 0 bridgehead atoms. The van der Waals surface area contributed by atoms with E-state index in [1.807, 2.05) is 0 Å². The average Bonchev–Trinajstić information content (AvgIpc) is 3.13. The third-order valence-corrected chi connectivity index (χ3v) is 6.58. The largest absolute Gasteiger partial charge is 0.348 e. The van der Waals surface area contributed by atoms with Crippen LogP contribution in [0.15, 0.2) is 30.3 Å². The van der Waals surface area contributed by atoms with Crippen molar-refractivity contribution in [3.63, 3.8) is 0 Å². The van der Waals surface area contributed by atoms with E-state index in [1.54, 1.807) is 0 Å². The summed E-state index contributed by atoms with van der Waals surface area (Å²) in [4.78, 5) is 2.81. The Bertz CT molecular complexity index is 510. The van der Waals surface area contributed by atoms with E-state index in [9.17, 15) is 0 Å². The van der Waals surface area contributed by atoms with Gasteiger partial charge in [0.2, 0.25) is 0 Å². The molecule has 1 atom stereocenters. The Morgan fingerprint density at radius 1 is 0.960 bits per heavy atom. The van der Waals surface area contributed by atoms with Crippen LogP contribution in [0.3, 0.4) is 0 Å². The number of rotatable bonds is 5. The lowest BCUT2D eigenvalue weighted by Gasteiger charge is -2.44. The van der Waals surface area contributed by atoms with E-state index in [2.05, 4.69) is 35.2 Å². The van der Waals surface area contributed by atoms with Crippen LogP contribution in [0.25, 0.3) is 0 Å². The molecular weight excluding hydrogens is 310 g/mol. The summed E-state index contributed by atoms with van der Waals surface area (Å²) in [5.74, 6) is 0.586. The van der Waals surface area contributed by atoms with Gasteiger partial charge in [0.25, 0.3) is 0 Å². The van der Waals surface area contributed by atoms with Crippen LogP contribution in [-0.2, 0) is 15.9 Å². The Hall–Kier alpha value is -0.900. The fourth-order valence-electron chi connectivity index (χ4n) is 5.18. The van der Waals surface area contributed by atoms with E-state index in [0.717, 1.165) is 38.0 Å². The minimum Gasteiger partial charge on any atom is -0.348 e. The number of piperidine rings is 1. The second-order valence-corrected chi connectivity index (χ2v) is 8.13. The third-order valence-electron chi connectivity index (χ3n) is 6.58. The maximum atomic E-state index is 5.95. The number of ether oxygens (including phenoxy) is 2. The molecule has 1 saturated carbocycles. The van der Waals surface area contributed by atoms with Crippen molar-refractivity contribution in [3.05, 3.63) is 35.9 Å². The van der Waals surface area contributed by atoms with Gasteiger partial charge in [-0.15, -0.1) is 0 Å². The van der Waals surface area contributed by atoms with Gasteiger partial charge in [0.1, 0.15) is 0 Å². The maximum Gasteiger partial charge on any atom is 0.168 e. The summed E-state index contributed by atoms with van der Waals surface area (Å²) < 4.78 is 11.9. The lowest BCUT2D eigenvalue weighted by molar-refractivity contribution is -0.185. The minimum atomic E-state index is -0.220. The van der Waals surface area contributed by atoms with E-state index in [0.29, 0.717) is 0 Å². The summed E-state index contributed by atoms with van der Waals surface area (Å²) in [5, 5.41) is 0. The molecule has 2 saturated heterocycles. The fraction of sp³-hybridized carbons (Fsp3) is 0.727. The molecule has 3 aliphatic rings. The van der Waals surface area contributed by atoms with Gasteiger partial charge in [-0.1, -0.05) is 36.8 Å². The van der Waals surface area contributed by atoms with Crippen LogP contribution in [0.2, 0.25) is 0 Å². The molecule has 0 radical (unpaired) electrons. The predicted octanol–water partition coefficient (Wildman–Crippen LogP) is 4.41. The standard InChI is InChI=1S/C22H33NO2/c1-3-7-19(8-4-1)9-10-21(23-15-5-2-6-16-23)20-11-13-22(14-12-20)24-17-18-25-22/h1,3-4,7-8,20-21H,2,5-6,9-18H2. The lowest BCUT2D eigenvalue weighted by atomic mass is 9.78. The highest BCUT2D eigenvalue weighted by Crippen LogP contribution is 2.41. The summed E-state index contributed by atoms with van der Waals surface area (Å²) in [6.45, 7) is 4.17. The fourth-order valence-corrected chi connectivity index (χ4v) is 5.18. The summed E-state index contributed by atoms with van der Waals surface area (Å²) in [5.41, 5.74) is 1.49. The highest BCUT2D eigenvalue weighted by Gasteiger charge is 2.42. The molecule has 1 aliphatic carbocycles. The Morgan fingerprint density at radius 2 is 1.64 bits per heavy atom. The first kappa shape index (κ1) is 17.5. The molecule has 0 amide bonds. The van der Waals surface area contributed by atoms with E-state index in [-0.39, 0.29) is 5.79 Å². The topological polar surface area (TPSA) is 21.7 Å². The monoisotopic (exact) mass is 343 g/mol. The summed E-state index contributed by atoms with van der Waals surface area (Å²) in [6, 6.07) is 11.8. The number of hydrogen-bond donors (Lipinski definition) is 0. The van der Waals surface area contributed by atoms with Crippen molar-refractivity contribution in [2.75, 3.05) is 26.3 Å². The molecule has 3 heteroatoms. The summed E-state index contributed by atoms with van der Waals surface area (Å²) in [6.07, 6.45) is 11.4. The maximum absolute atomic E-state index is 5.95. The Kier molecular flexibility index (Phi) is 5.74. The van der Waals surface area contributed by atoms with Crippen molar-refractivity contribution < 1.29 is 9.47 Å². The van der Waals surface area contributed by atoms with E-state index >= 15 is 0 Å². The SMILES string of the molecule is c1ccc(CCC(C2CCC3(CC2)OCCO3)N2CCCCC2)cc1. The molecule has 2 aliphatic heterocycles. The molecule has 2 heterocycles. The van der Waals surface area contributed by atoms with Gasteiger partial charge in [-0.25, -0.2) is 0 Å². The van der Waals surface area contributed by atoms with Gasteiger partial charge >= 0.3 is 0 Å². The zero-order chi connectivity index (χ0) is 17.0.